The monoisotopic (exact) mass is 1160 g/mol. The summed E-state index contributed by atoms with van der Waals surface area (Å²) >= 11 is 0. The van der Waals surface area contributed by atoms with Gasteiger partial charge in [0.15, 0.2) is 0 Å². The van der Waals surface area contributed by atoms with Crippen LogP contribution in [0.1, 0.15) is 316 Å². The van der Waals surface area contributed by atoms with Crippen LogP contribution in [-0.2, 0) is 27.9 Å². The molecule has 0 spiro atoms. The molecule has 0 rings (SSSR count). The van der Waals surface area contributed by atoms with Gasteiger partial charge < -0.3 is 19.4 Å². The van der Waals surface area contributed by atoms with Crippen molar-refractivity contribution in [2.24, 2.45) is 0 Å². The van der Waals surface area contributed by atoms with Gasteiger partial charge in [0.05, 0.1) is 33.8 Å². The van der Waals surface area contributed by atoms with Crippen LogP contribution >= 0.6 is 7.82 Å². The zero-order valence-electron chi connectivity index (χ0n) is 54.0. The number of nitrogens with zero attached hydrogens (tertiary/aromatic N) is 1. The Kier molecular flexibility index (Phi) is 58.7. The van der Waals surface area contributed by atoms with Crippen LogP contribution in [0.2, 0.25) is 0 Å². The summed E-state index contributed by atoms with van der Waals surface area (Å²) in [6.07, 6.45) is 79.2. The molecule has 0 radical (unpaired) electrons. The van der Waals surface area contributed by atoms with Crippen molar-refractivity contribution < 1.29 is 37.3 Å². The lowest BCUT2D eigenvalue weighted by molar-refractivity contribution is -0.870. The summed E-state index contributed by atoms with van der Waals surface area (Å²) in [6, 6.07) is -0.861. The number of hydrogen-bond acceptors (Lipinski definition) is 6. The molecule has 9 nitrogen and oxygen atoms in total. The third-order valence-corrected chi connectivity index (χ3v) is 16.1. The van der Waals surface area contributed by atoms with E-state index in [1.54, 1.807) is 0 Å². The summed E-state index contributed by atoms with van der Waals surface area (Å²) in [6.45, 7) is 6.96. The first-order valence-electron chi connectivity index (χ1n) is 34.3. The van der Waals surface area contributed by atoms with Crippen molar-refractivity contribution in [2.75, 3.05) is 40.9 Å². The van der Waals surface area contributed by atoms with Crippen LogP contribution in [0.4, 0.5) is 0 Å². The Labute approximate surface area is 502 Å². The average Bonchev–Trinajstić information content (AvgIpc) is 3.44. The maximum absolute atomic E-state index is 13.6. The summed E-state index contributed by atoms with van der Waals surface area (Å²) in [5.41, 5.74) is 0. The number of amides is 1. The molecule has 0 aromatic heterocycles. The Hall–Kier alpha value is -2.55. The minimum atomic E-state index is -4.46. The van der Waals surface area contributed by atoms with E-state index >= 15 is 0 Å². The van der Waals surface area contributed by atoms with E-state index in [2.05, 4.69) is 86.8 Å². The first kappa shape index (κ1) is 78.5. The SMILES string of the molecule is CCCCC/C=C\C/C=C\C/C=C\CCCCCCC(=O)NC(COP(=O)(O)OCC[N+](C)(C)C)C(/C=C\CCCCCCCCCCC)OC(=O)CCCCCCCCCCCCCCCCCCC/C=C\C/C=C\CCCCC. The standard InChI is InChI=1S/C71H131N2O7P/c1-7-10-13-16-19-22-25-27-29-31-32-33-34-35-36-37-38-39-40-42-44-46-49-52-55-58-61-64-71(75)80-69(62-59-56-53-50-47-24-21-18-15-12-9-3)68(67-79-81(76,77)78-66-65-73(4,5)6)72-70(74)63-60-57-54-51-48-45-43-41-30-28-26-23-20-17-14-11-8-2/h19-20,22-23,27-30,43,45,59,62,68-69H,7-18,21,24-26,31-42,44,46-58,60-61,63-67H2,1-6H3,(H-,72,74,76,77)/p+1/b22-19-,23-20-,29-27-,30-28-,45-43-,62-59-. The maximum Gasteiger partial charge on any atom is 0.472 e. The van der Waals surface area contributed by atoms with Crippen molar-refractivity contribution in [2.45, 2.75) is 328 Å². The second-order valence-corrected chi connectivity index (χ2v) is 25.8. The molecule has 0 bridgehead atoms. The van der Waals surface area contributed by atoms with Crippen molar-refractivity contribution in [3.05, 3.63) is 72.9 Å². The average molecular weight is 1160 g/mol. The minimum absolute atomic E-state index is 0.0346. The summed E-state index contributed by atoms with van der Waals surface area (Å²) in [7, 11) is 1.48. The number of esters is 1. The van der Waals surface area contributed by atoms with Gasteiger partial charge in [0.2, 0.25) is 5.91 Å². The topological polar surface area (TPSA) is 111 Å². The van der Waals surface area contributed by atoms with E-state index < -0.39 is 20.0 Å². The number of carbonyl (C=O) groups excluding carboxylic acids is 2. The van der Waals surface area contributed by atoms with Gasteiger partial charge in [-0.15, -0.1) is 0 Å². The van der Waals surface area contributed by atoms with Gasteiger partial charge in [-0.05, 0) is 102 Å². The van der Waals surface area contributed by atoms with Gasteiger partial charge in [0.25, 0.3) is 0 Å². The minimum Gasteiger partial charge on any atom is -0.456 e. The molecule has 0 aliphatic carbocycles. The van der Waals surface area contributed by atoms with Crippen LogP contribution in [0, 0.1) is 0 Å². The van der Waals surface area contributed by atoms with E-state index in [4.69, 9.17) is 13.8 Å². The summed E-state index contributed by atoms with van der Waals surface area (Å²) < 4.78 is 30.7. The number of hydrogen-bond donors (Lipinski definition) is 2. The fourth-order valence-electron chi connectivity index (χ4n) is 9.80. The van der Waals surface area contributed by atoms with Crippen LogP contribution in [0.3, 0.4) is 0 Å². The molecule has 0 saturated heterocycles. The third-order valence-electron chi connectivity index (χ3n) is 15.1. The predicted octanol–water partition coefficient (Wildman–Crippen LogP) is 21.6. The number of rotatable bonds is 62. The Balaban J connectivity index is 5.02. The van der Waals surface area contributed by atoms with Crippen LogP contribution in [0.15, 0.2) is 72.9 Å². The number of ether oxygens (including phenoxy) is 1. The van der Waals surface area contributed by atoms with Crippen molar-refractivity contribution in [1.82, 2.24) is 5.32 Å². The highest BCUT2D eigenvalue weighted by Crippen LogP contribution is 2.43. The maximum atomic E-state index is 13.6. The predicted molar refractivity (Wildman–Crippen MR) is 351 cm³/mol. The molecule has 1 amide bonds. The fraction of sp³-hybridized carbons (Fsp3) is 0.803. The molecular formula is C71H132N2O7P+. The number of phosphoric ester groups is 1. The normalized spacial score (nSPS) is 14.0. The second kappa shape index (κ2) is 60.6. The van der Waals surface area contributed by atoms with Gasteiger partial charge in [-0.25, -0.2) is 4.57 Å². The number of unbranched alkanes of at least 4 members (excludes halogenated alkanes) is 36. The molecule has 0 saturated carbocycles. The summed E-state index contributed by atoms with van der Waals surface area (Å²) in [5.74, 6) is -0.523. The molecule has 0 aliphatic rings. The molecule has 0 fully saturated rings. The number of nitrogens with one attached hydrogen (secondary N) is 1. The molecule has 0 aromatic carbocycles. The molecule has 2 N–H and O–H groups in total. The van der Waals surface area contributed by atoms with Crippen LogP contribution in [0.25, 0.3) is 0 Å². The van der Waals surface area contributed by atoms with Crippen LogP contribution in [-0.4, -0.2) is 74.3 Å². The third kappa shape index (κ3) is 61.8. The highest BCUT2D eigenvalue weighted by Gasteiger charge is 2.30. The first-order valence-corrected chi connectivity index (χ1v) is 35.8. The number of allylic oxidation sites excluding steroid dienone is 11. The van der Waals surface area contributed by atoms with Crippen LogP contribution < -0.4 is 5.32 Å². The summed E-state index contributed by atoms with van der Waals surface area (Å²) in [4.78, 5) is 37.8. The fourth-order valence-corrected chi connectivity index (χ4v) is 10.5. The van der Waals surface area contributed by atoms with Gasteiger partial charge in [-0.3, -0.25) is 18.6 Å². The van der Waals surface area contributed by atoms with Crippen LogP contribution in [0.5, 0.6) is 0 Å². The lowest BCUT2D eigenvalue weighted by Crippen LogP contribution is -2.47. The number of phosphoric acid groups is 1. The Bertz CT molecular complexity index is 1620. The number of likely N-dealkylation sites (N-methyl/N-ethyl adjacent to an activating group) is 1. The highest BCUT2D eigenvalue weighted by molar-refractivity contribution is 7.47. The Morgan fingerprint density at radius 1 is 0.432 bits per heavy atom. The molecule has 0 heterocycles. The van der Waals surface area contributed by atoms with Gasteiger partial charge in [0.1, 0.15) is 19.3 Å². The van der Waals surface area contributed by atoms with Crippen molar-refractivity contribution in [1.29, 1.82) is 0 Å². The Morgan fingerprint density at radius 3 is 1.15 bits per heavy atom. The first-order chi connectivity index (χ1) is 39.4. The molecule has 0 aromatic rings. The van der Waals surface area contributed by atoms with Gasteiger partial charge in [-0.1, -0.05) is 274 Å². The largest absolute Gasteiger partial charge is 0.472 e. The molecule has 81 heavy (non-hydrogen) atoms. The molecule has 3 atom stereocenters. The quantitative estimate of drug-likeness (QED) is 0.0205. The number of carbonyl (C=O) groups is 2. The van der Waals surface area contributed by atoms with E-state index in [0.717, 1.165) is 89.9 Å². The summed E-state index contributed by atoms with van der Waals surface area (Å²) in [5, 5.41) is 3.05. The van der Waals surface area contributed by atoms with Gasteiger partial charge in [0, 0.05) is 12.8 Å². The lowest BCUT2D eigenvalue weighted by atomic mass is 10.0. The van der Waals surface area contributed by atoms with E-state index in [1.807, 2.05) is 33.3 Å². The molecule has 0 aliphatic heterocycles. The van der Waals surface area contributed by atoms with Crippen molar-refractivity contribution in [3.63, 3.8) is 0 Å². The van der Waals surface area contributed by atoms with Gasteiger partial charge in [-0.2, -0.15) is 0 Å². The zero-order valence-corrected chi connectivity index (χ0v) is 54.9. The highest BCUT2D eigenvalue weighted by atomic mass is 31.2. The van der Waals surface area contributed by atoms with E-state index in [0.29, 0.717) is 17.4 Å². The molecule has 3 unspecified atom stereocenters. The van der Waals surface area contributed by atoms with Crippen molar-refractivity contribution in [3.8, 4) is 0 Å². The smallest absolute Gasteiger partial charge is 0.456 e. The molecule has 10 heteroatoms. The number of quaternary nitrogens is 1. The van der Waals surface area contributed by atoms with Crippen molar-refractivity contribution >= 4 is 19.7 Å². The molecule has 472 valence electrons. The second-order valence-electron chi connectivity index (χ2n) is 24.3. The van der Waals surface area contributed by atoms with E-state index in [-0.39, 0.29) is 31.5 Å². The van der Waals surface area contributed by atoms with Gasteiger partial charge >= 0.3 is 13.8 Å². The molecular weight excluding hydrogens is 1020 g/mol. The van der Waals surface area contributed by atoms with E-state index in [1.165, 1.54) is 193 Å². The Morgan fingerprint density at radius 2 is 0.753 bits per heavy atom. The zero-order chi connectivity index (χ0) is 59.3. The van der Waals surface area contributed by atoms with E-state index in [9.17, 15) is 19.0 Å². The lowest BCUT2D eigenvalue weighted by Gasteiger charge is -2.27.